The van der Waals surface area contributed by atoms with Crippen LogP contribution >= 0.6 is 0 Å². The maximum absolute atomic E-state index is 12.3. The molecule has 1 heterocycles. The minimum atomic E-state index is -0.210. The predicted molar refractivity (Wildman–Crippen MR) is 68.9 cm³/mol. The first-order chi connectivity index (χ1) is 8.14. The Bertz CT molecular complexity index is 238. The lowest BCUT2D eigenvalue weighted by Crippen LogP contribution is -2.52. The molecule has 0 aromatic heterocycles. The molecular formula is C13H26N2O2. The van der Waals surface area contributed by atoms with E-state index in [1.807, 2.05) is 13.8 Å². The Kier molecular flexibility index (Phi) is 5.92. The van der Waals surface area contributed by atoms with Gasteiger partial charge in [0.15, 0.2) is 0 Å². The van der Waals surface area contributed by atoms with Gasteiger partial charge in [0, 0.05) is 19.2 Å². The molecule has 0 bridgehead atoms. The quantitative estimate of drug-likeness (QED) is 0.738. The molecule has 0 saturated carbocycles. The highest BCUT2D eigenvalue weighted by molar-refractivity contribution is 5.83. The topological polar surface area (TPSA) is 50.4 Å². The third-order valence-corrected chi connectivity index (χ3v) is 3.58. The second-order valence-corrected chi connectivity index (χ2v) is 4.95. The first kappa shape index (κ1) is 14.5. The summed E-state index contributed by atoms with van der Waals surface area (Å²) in [4.78, 5) is 12.3. The van der Waals surface area contributed by atoms with Crippen molar-refractivity contribution < 1.29 is 9.53 Å². The lowest BCUT2D eigenvalue weighted by Gasteiger charge is -2.36. The van der Waals surface area contributed by atoms with Crippen molar-refractivity contribution in [3.8, 4) is 0 Å². The average Bonchev–Trinajstić information content (AvgIpc) is 2.37. The predicted octanol–water partition coefficient (Wildman–Crippen LogP) is 1.31. The van der Waals surface area contributed by atoms with Crippen LogP contribution in [0.5, 0.6) is 0 Å². The van der Waals surface area contributed by atoms with Crippen molar-refractivity contribution in [1.29, 1.82) is 0 Å². The molecule has 17 heavy (non-hydrogen) atoms. The maximum atomic E-state index is 12.3. The fourth-order valence-electron chi connectivity index (χ4n) is 2.34. The van der Waals surface area contributed by atoms with E-state index >= 15 is 0 Å². The summed E-state index contributed by atoms with van der Waals surface area (Å²) >= 11 is 0. The highest BCUT2D eigenvalue weighted by atomic mass is 16.5. The Labute approximate surface area is 104 Å². The third kappa shape index (κ3) is 3.96. The van der Waals surface area contributed by atoms with Crippen LogP contribution in [0.3, 0.4) is 0 Å². The average molecular weight is 242 g/mol. The number of hydrogen-bond acceptors (Lipinski definition) is 3. The number of amides is 1. The fourth-order valence-corrected chi connectivity index (χ4v) is 2.34. The zero-order chi connectivity index (χ0) is 12.7. The van der Waals surface area contributed by atoms with Gasteiger partial charge in [0.25, 0.3) is 0 Å². The number of rotatable bonds is 6. The van der Waals surface area contributed by atoms with Gasteiger partial charge in [0.1, 0.15) is 0 Å². The van der Waals surface area contributed by atoms with Crippen molar-refractivity contribution in [1.82, 2.24) is 10.6 Å². The van der Waals surface area contributed by atoms with E-state index in [-0.39, 0.29) is 17.4 Å². The van der Waals surface area contributed by atoms with E-state index in [0.29, 0.717) is 13.2 Å². The van der Waals surface area contributed by atoms with Crippen LogP contribution in [-0.4, -0.2) is 38.3 Å². The molecular weight excluding hydrogens is 216 g/mol. The zero-order valence-electron chi connectivity index (χ0n) is 11.3. The number of nitrogens with one attached hydrogen (secondary N) is 2. The molecule has 0 radical (unpaired) electrons. The summed E-state index contributed by atoms with van der Waals surface area (Å²) in [7, 11) is 0. The first-order valence-electron chi connectivity index (χ1n) is 6.74. The smallest absolute Gasteiger partial charge is 0.227 e. The van der Waals surface area contributed by atoms with Crippen LogP contribution in [0.15, 0.2) is 0 Å². The van der Waals surface area contributed by atoms with E-state index < -0.39 is 0 Å². The minimum Gasteiger partial charge on any atom is -0.380 e. The van der Waals surface area contributed by atoms with E-state index in [9.17, 15) is 4.79 Å². The molecule has 0 spiro atoms. The van der Waals surface area contributed by atoms with Crippen molar-refractivity contribution in [2.45, 2.75) is 46.1 Å². The van der Waals surface area contributed by atoms with Crippen LogP contribution in [0.25, 0.3) is 0 Å². The van der Waals surface area contributed by atoms with Gasteiger partial charge >= 0.3 is 0 Å². The lowest BCUT2D eigenvalue weighted by atomic mass is 9.77. The lowest BCUT2D eigenvalue weighted by molar-refractivity contribution is -0.133. The van der Waals surface area contributed by atoms with Gasteiger partial charge in [-0.05, 0) is 39.7 Å². The van der Waals surface area contributed by atoms with Crippen LogP contribution in [0.1, 0.15) is 40.0 Å². The molecule has 1 aliphatic rings. The van der Waals surface area contributed by atoms with Gasteiger partial charge in [0.2, 0.25) is 5.91 Å². The van der Waals surface area contributed by atoms with Gasteiger partial charge in [-0.2, -0.15) is 0 Å². The Morgan fingerprint density at radius 3 is 2.82 bits per heavy atom. The SMILES string of the molecule is CCOCC(C)NC(=O)C1(CC)CCCNC1. The summed E-state index contributed by atoms with van der Waals surface area (Å²) in [5.41, 5.74) is -0.210. The highest BCUT2D eigenvalue weighted by Crippen LogP contribution is 2.30. The van der Waals surface area contributed by atoms with E-state index in [1.54, 1.807) is 0 Å². The monoisotopic (exact) mass is 242 g/mol. The number of carbonyl (C=O) groups excluding carboxylic acids is 1. The summed E-state index contributed by atoms with van der Waals surface area (Å²) in [5, 5.41) is 6.40. The van der Waals surface area contributed by atoms with Gasteiger partial charge < -0.3 is 15.4 Å². The molecule has 1 aliphatic heterocycles. The molecule has 2 N–H and O–H groups in total. The Hall–Kier alpha value is -0.610. The van der Waals surface area contributed by atoms with Crippen LogP contribution in [0, 0.1) is 5.41 Å². The molecule has 2 atom stereocenters. The number of carbonyl (C=O) groups is 1. The Morgan fingerprint density at radius 1 is 1.53 bits per heavy atom. The molecule has 1 saturated heterocycles. The summed E-state index contributed by atoms with van der Waals surface area (Å²) in [5.74, 6) is 0.180. The van der Waals surface area contributed by atoms with Crippen LogP contribution in [0.4, 0.5) is 0 Å². The Balaban J connectivity index is 2.48. The van der Waals surface area contributed by atoms with Crippen molar-refractivity contribution in [3.05, 3.63) is 0 Å². The maximum Gasteiger partial charge on any atom is 0.227 e. The summed E-state index contributed by atoms with van der Waals surface area (Å²) in [6, 6.07) is 0.0906. The van der Waals surface area contributed by atoms with Gasteiger partial charge in [-0.3, -0.25) is 4.79 Å². The molecule has 4 heteroatoms. The van der Waals surface area contributed by atoms with Gasteiger partial charge in [0.05, 0.1) is 12.0 Å². The standard InChI is InChI=1S/C13H26N2O2/c1-4-13(7-6-8-14-10-13)12(16)15-11(3)9-17-5-2/h11,14H,4-10H2,1-3H3,(H,15,16). The molecule has 0 aliphatic carbocycles. The van der Waals surface area contributed by atoms with Gasteiger partial charge in [-0.1, -0.05) is 6.92 Å². The molecule has 2 unspecified atom stereocenters. The molecule has 4 nitrogen and oxygen atoms in total. The van der Waals surface area contributed by atoms with E-state index in [2.05, 4.69) is 17.6 Å². The number of hydrogen-bond donors (Lipinski definition) is 2. The van der Waals surface area contributed by atoms with Crippen molar-refractivity contribution in [2.75, 3.05) is 26.3 Å². The van der Waals surface area contributed by atoms with E-state index in [4.69, 9.17) is 4.74 Å². The summed E-state index contributed by atoms with van der Waals surface area (Å²) in [6.45, 7) is 9.18. The normalized spacial score (nSPS) is 26.5. The minimum absolute atomic E-state index is 0.0906. The number of ether oxygens (including phenoxy) is 1. The molecule has 1 amide bonds. The molecule has 0 aromatic carbocycles. The summed E-state index contributed by atoms with van der Waals surface area (Å²) < 4.78 is 5.32. The van der Waals surface area contributed by atoms with Crippen molar-refractivity contribution in [3.63, 3.8) is 0 Å². The van der Waals surface area contributed by atoms with Gasteiger partial charge in [-0.25, -0.2) is 0 Å². The molecule has 1 rings (SSSR count). The number of piperidine rings is 1. The molecule has 1 fully saturated rings. The zero-order valence-corrected chi connectivity index (χ0v) is 11.3. The van der Waals surface area contributed by atoms with Crippen LogP contribution in [0.2, 0.25) is 0 Å². The molecule has 0 aromatic rings. The van der Waals surface area contributed by atoms with Gasteiger partial charge in [-0.15, -0.1) is 0 Å². The largest absolute Gasteiger partial charge is 0.380 e. The fraction of sp³-hybridized carbons (Fsp3) is 0.923. The second kappa shape index (κ2) is 6.97. The second-order valence-electron chi connectivity index (χ2n) is 4.95. The third-order valence-electron chi connectivity index (χ3n) is 3.58. The Morgan fingerprint density at radius 2 is 2.29 bits per heavy atom. The van der Waals surface area contributed by atoms with E-state index in [0.717, 1.165) is 32.4 Å². The highest BCUT2D eigenvalue weighted by Gasteiger charge is 2.38. The molecule has 100 valence electrons. The first-order valence-corrected chi connectivity index (χ1v) is 6.74. The summed E-state index contributed by atoms with van der Waals surface area (Å²) in [6.07, 6.45) is 2.97. The van der Waals surface area contributed by atoms with Crippen molar-refractivity contribution in [2.24, 2.45) is 5.41 Å². The van der Waals surface area contributed by atoms with E-state index in [1.165, 1.54) is 0 Å². The van der Waals surface area contributed by atoms with Crippen LogP contribution < -0.4 is 10.6 Å². The van der Waals surface area contributed by atoms with Crippen LogP contribution in [-0.2, 0) is 9.53 Å². The van der Waals surface area contributed by atoms with Crippen molar-refractivity contribution >= 4 is 5.91 Å².